The molecule has 0 saturated carbocycles. The standard InChI is InChI=1S/C20H20BrN3O2/c1-12-16(17-9-15(21)6-7-18(17)24-12)10-19(25)23-11-13-4-3-5-14(8-13)20(26)22-2/h3-9,24H,10-11H2,1-2H3,(H,22,26)(H,23,25). The molecule has 0 fully saturated rings. The molecular weight excluding hydrogens is 394 g/mol. The summed E-state index contributed by atoms with van der Waals surface area (Å²) in [5.41, 5.74) is 4.48. The summed E-state index contributed by atoms with van der Waals surface area (Å²) in [6, 6.07) is 13.2. The normalized spacial score (nSPS) is 10.7. The molecule has 2 amide bonds. The van der Waals surface area contributed by atoms with Crippen LogP contribution in [0, 0.1) is 6.92 Å². The molecule has 0 aliphatic carbocycles. The predicted molar refractivity (Wildman–Crippen MR) is 106 cm³/mol. The Bertz CT molecular complexity index is 978. The summed E-state index contributed by atoms with van der Waals surface area (Å²) >= 11 is 3.48. The highest BCUT2D eigenvalue weighted by atomic mass is 79.9. The molecule has 6 heteroatoms. The van der Waals surface area contributed by atoms with E-state index in [9.17, 15) is 9.59 Å². The first-order valence-corrected chi connectivity index (χ1v) is 9.11. The molecular formula is C20H20BrN3O2. The van der Waals surface area contributed by atoms with Gasteiger partial charge in [-0.1, -0.05) is 28.1 Å². The fourth-order valence-electron chi connectivity index (χ4n) is 2.97. The van der Waals surface area contributed by atoms with Gasteiger partial charge in [0.2, 0.25) is 5.91 Å². The van der Waals surface area contributed by atoms with E-state index < -0.39 is 0 Å². The Hall–Kier alpha value is -2.60. The Balaban J connectivity index is 1.69. The molecule has 26 heavy (non-hydrogen) atoms. The van der Waals surface area contributed by atoms with Crippen molar-refractivity contribution in [1.82, 2.24) is 15.6 Å². The number of rotatable bonds is 5. The monoisotopic (exact) mass is 413 g/mol. The minimum Gasteiger partial charge on any atom is -0.358 e. The molecule has 2 aromatic carbocycles. The van der Waals surface area contributed by atoms with E-state index in [0.717, 1.165) is 32.2 Å². The summed E-state index contributed by atoms with van der Waals surface area (Å²) in [6.07, 6.45) is 0.303. The molecule has 1 heterocycles. The van der Waals surface area contributed by atoms with Crippen LogP contribution in [0.4, 0.5) is 0 Å². The number of nitrogens with one attached hydrogen (secondary N) is 3. The molecule has 134 valence electrons. The van der Waals surface area contributed by atoms with Crippen LogP contribution < -0.4 is 10.6 Å². The highest BCUT2D eigenvalue weighted by molar-refractivity contribution is 9.10. The molecule has 3 rings (SSSR count). The van der Waals surface area contributed by atoms with E-state index >= 15 is 0 Å². The van der Waals surface area contributed by atoms with Crippen LogP contribution >= 0.6 is 15.9 Å². The summed E-state index contributed by atoms with van der Waals surface area (Å²) in [6.45, 7) is 2.36. The third kappa shape index (κ3) is 3.96. The molecule has 3 aromatic rings. The van der Waals surface area contributed by atoms with Gasteiger partial charge in [0, 0.05) is 40.2 Å². The lowest BCUT2D eigenvalue weighted by molar-refractivity contribution is -0.120. The first-order valence-electron chi connectivity index (χ1n) is 8.32. The minimum absolute atomic E-state index is 0.0562. The maximum atomic E-state index is 12.4. The van der Waals surface area contributed by atoms with Gasteiger partial charge >= 0.3 is 0 Å². The average Bonchev–Trinajstić information content (AvgIpc) is 2.94. The largest absolute Gasteiger partial charge is 0.358 e. The quantitative estimate of drug-likeness (QED) is 0.598. The van der Waals surface area contributed by atoms with E-state index in [0.29, 0.717) is 18.5 Å². The Morgan fingerprint density at radius 1 is 1.15 bits per heavy atom. The number of H-pyrrole nitrogens is 1. The summed E-state index contributed by atoms with van der Waals surface area (Å²) in [4.78, 5) is 27.4. The summed E-state index contributed by atoms with van der Waals surface area (Å²) in [5, 5.41) is 6.58. The number of aromatic amines is 1. The number of benzene rings is 2. The van der Waals surface area contributed by atoms with Gasteiger partial charge in [0.05, 0.1) is 6.42 Å². The van der Waals surface area contributed by atoms with Crippen LogP contribution in [-0.4, -0.2) is 23.8 Å². The first-order chi connectivity index (χ1) is 12.5. The van der Waals surface area contributed by atoms with E-state index in [-0.39, 0.29) is 11.8 Å². The summed E-state index contributed by atoms with van der Waals surface area (Å²) in [7, 11) is 1.60. The highest BCUT2D eigenvalue weighted by Crippen LogP contribution is 2.26. The van der Waals surface area contributed by atoms with E-state index in [1.54, 1.807) is 19.2 Å². The molecule has 3 N–H and O–H groups in total. The number of amides is 2. The van der Waals surface area contributed by atoms with Crippen molar-refractivity contribution in [1.29, 1.82) is 0 Å². The molecule has 0 saturated heterocycles. The predicted octanol–water partition coefficient (Wildman–Crippen LogP) is 3.46. The zero-order valence-corrected chi connectivity index (χ0v) is 16.2. The summed E-state index contributed by atoms with van der Waals surface area (Å²) < 4.78 is 0.983. The number of hydrogen-bond donors (Lipinski definition) is 3. The fourth-order valence-corrected chi connectivity index (χ4v) is 3.33. The Morgan fingerprint density at radius 2 is 1.96 bits per heavy atom. The van der Waals surface area contributed by atoms with Crippen LogP contribution in [0.2, 0.25) is 0 Å². The van der Waals surface area contributed by atoms with Gasteiger partial charge in [-0.25, -0.2) is 0 Å². The van der Waals surface area contributed by atoms with Gasteiger partial charge in [0.1, 0.15) is 0 Å². The number of halogens is 1. The lowest BCUT2D eigenvalue weighted by Crippen LogP contribution is -2.25. The second-order valence-corrected chi connectivity index (χ2v) is 7.07. The van der Waals surface area contributed by atoms with Crippen molar-refractivity contribution in [3.8, 4) is 0 Å². The van der Waals surface area contributed by atoms with Crippen LogP contribution in [0.15, 0.2) is 46.9 Å². The second kappa shape index (κ2) is 7.74. The molecule has 0 aliphatic rings. The third-order valence-electron chi connectivity index (χ3n) is 4.32. The number of carbonyl (C=O) groups excluding carboxylic acids is 2. The minimum atomic E-state index is -0.141. The number of aryl methyl sites for hydroxylation is 1. The third-order valence-corrected chi connectivity index (χ3v) is 4.82. The van der Waals surface area contributed by atoms with Gasteiger partial charge < -0.3 is 15.6 Å². The van der Waals surface area contributed by atoms with E-state index in [1.165, 1.54) is 0 Å². The highest BCUT2D eigenvalue weighted by Gasteiger charge is 2.13. The van der Waals surface area contributed by atoms with Crippen molar-refractivity contribution in [3.63, 3.8) is 0 Å². The number of carbonyl (C=O) groups is 2. The average molecular weight is 414 g/mol. The molecule has 0 unspecified atom stereocenters. The Labute approximate surface area is 160 Å². The van der Waals surface area contributed by atoms with Gasteiger partial charge in [-0.3, -0.25) is 9.59 Å². The molecule has 0 radical (unpaired) electrons. The van der Waals surface area contributed by atoms with Crippen molar-refractivity contribution < 1.29 is 9.59 Å². The van der Waals surface area contributed by atoms with Gasteiger partial charge in [0.15, 0.2) is 0 Å². The maximum absolute atomic E-state index is 12.4. The second-order valence-electron chi connectivity index (χ2n) is 6.15. The Kier molecular flexibility index (Phi) is 5.42. The van der Waals surface area contributed by atoms with E-state index in [2.05, 4.69) is 31.5 Å². The lowest BCUT2D eigenvalue weighted by Gasteiger charge is -2.07. The van der Waals surface area contributed by atoms with Gasteiger partial charge in [-0.15, -0.1) is 0 Å². The van der Waals surface area contributed by atoms with Crippen LogP contribution in [-0.2, 0) is 17.8 Å². The molecule has 0 bridgehead atoms. The van der Waals surface area contributed by atoms with Crippen molar-refractivity contribution in [3.05, 3.63) is 69.3 Å². The summed E-state index contributed by atoms with van der Waals surface area (Å²) in [5.74, 6) is -0.197. The smallest absolute Gasteiger partial charge is 0.251 e. The van der Waals surface area contributed by atoms with Crippen LogP contribution in [0.1, 0.15) is 27.2 Å². The zero-order valence-electron chi connectivity index (χ0n) is 14.7. The molecule has 5 nitrogen and oxygen atoms in total. The van der Waals surface area contributed by atoms with Gasteiger partial charge in [-0.05, 0) is 48.4 Å². The maximum Gasteiger partial charge on any atom is 0.251 e. The van der Waals surface area contributed by atoms with E-state index in [1.807, 2.05) is 37.3 Å². The van der Waals surface area contributed by atoms with Crippen molar-refractivity contribution in [2.24, 2.45) is 0 Å². The molecule has 0 aliphatic heterocycles. The van der Waals surface area contributed by atoms with Crippen LogP contribution in [0.5, 0.6) is 0 Å². The lowest BCUT2D eigenvalue weighted by atomic mass is 10.1. The SMILES string of the molecule is CNC(=O)c1cccc(CNC(=O)Cc2c(C)[nH]c3ccc(Br)cc23)c1. The topological polar surface area (TPSA) is 74.0 Å². The van der Waals surface area contributed by atoms with Crippen molar-refractivity contribution in [2.75, 3.05) is 7.05 Å². The molecule has 0 spiro atoms. The Morgan fingerprint density at radius 3 is 2.73 bits per heavy atom. The first kappa shape index (κ1) is 18.2. The van der Waals surface area contributed by atoms with Crippen LogP contribution in [0.3, 0.4) is 0 Å². The van der Waals surface area contributed by atoms with Gasteiger partial charge in [-0.2, -0.15) is 0 Å². The van der Waals surface area contributed by atoms with E-state index in [4.69, 9.17) is 0 Å². The van der Waals surface area contributed by atoms with Crippen molar-refractivity contribution >= 4 is 38.6 Å². The fraction of sp³-hybridized carbons (Fsp3) is 0.200. The number of fused-ring (bicyclic) bond motifs is 1. The molecule has 1 aromatic heterocycles. The number of aromatic nitrogens is 1. The zero-order chi connectivity index (χ0) is 18.7. The molecule has 0 atom stereocenters. The van der Waals surface area contributed by atoms with Gasteiger partial charge in [0.25, 0.3) is 5.91 Å². The van der Waals surface area contributed by atoms with Crippen LogP contribution in [0.25, 0.3) is 10.9 Å². The van der Waals surface area contributed by atoms with Crippen molar-refractivity contribution in [2.45, 2.75) is 19.9 Å². The number of hydrogen-bond acceptors (Lipinski definition) is 2.